The van der Waals surface area contributed by atoms with Crippen LogP contribution in [0.15, 0.2) is 48.0 Å². The number of nitrogens with one attached hydrogen (secondary N) is 1. The van der Waals surface area contributed by atoms with Gasteiger partial charge >= 0.3 is 0 Å². The lowest BCUT2D eigenvalue weighted by Gasteiger charge is -2.05. The summed E-state index contributed by atoms with van der Waals surface area (Å²) in [5, 5.41) is 12.1. The first-order valence-corrected chi connectivity index (χ1v) is 8.87. The first kappa shape index (κ1) is 17.8. The van der Waals surface area contributed by atoms with E-state index in [2.05, 4.69) is 24.1 Å². The van der Waals surface area contributed by atoms with Crippen LogP contribution in [0.4, 0.5) is 9.52 Å². The van der Waals surface area contributed by atoms with Crippen LogP contribution in [0.2, 0.25) is 0 Å². The van der Waals surface area contributed by atoms with E-state index in [1.165, 1.54) is 17.7 Å². The number of para-hydroxylation sites is 1. The summed E-state index contributed by atoms with van der Waals surface area (Å²) in [7, 11) is 0. The largest absolute Gasteiger partial charge is 0.297 e. The molecule has 26 heavy (non-hydrogen) atoms. The molecule has 0 unspecified atom stereocenters. The molecule has 0 aliphatic rings. The number of hydrogen-bond donors (Lipinski definition) is 1. The molecule has 6 heteroatoms. The molecule has 4 nitrogen and oxygen atoms in total. The number of benzene rings is 2. The number of nitriles is 1. The Bertz CT molecular complexity index is 1030. The van der Waals surface area contributed by atoms with Gasteiger partial charge in [0.2, 0.25) is 0 Å². The molecule has 1 heterocycles. The van der Waals surface area contributed by atoms with Gasteiger partial charge in [-0.25, -0.2) is 9.37 Å². The number of thiazole rings is 1. The minimum absolute atomic E-state index is 0.0398. The fraction of sp³-hybridized carbons (Fsp3) is 0.150. The third-order valence-corrected chi connectivity index (χ3v) is 4.81. The second-order valence-corrected chi connectivity index (χ2v) is 7.08. The number of halogens is 1. The number of fused-ring (bicyclic) bond motifs is 1. The summed E-state index contributed by atoms with van der Waals surface area (Å²) in [6.07, 6.45) is 1.52. The van der Waals surface area contributed by atoms with E-state index in [9.17, 15) is 14.4 Å². The lowest BCUT2D eigenvalue weighted by molar-refractivity contribution is -0.112. The molecule has 0 saturated heterocycles. The van der Waals surface area contributed by atoms with E-state index in [4.69, 9.17) is 0 Å². The smallest absolute Gasteiger partial charge is 0.268 e. The number of carbonyl (C=O) groups is 1. The quantitative estimate of drug-likeness (QED) is 0.516. The molecule has 0 bridgehead atoms. The van der Waals surface area contributed by atoms with Crippen molar-refractivity contribution in [3.8, 4) is 6.07 Å². The van der Waals surface area contributed by atoms with Gasteiger partial charge in [0, 0.05) is 0 Å². The number of hydrogen-bond acceptors (Lipinski definition) is 4. The minimum Gasteiger partial charge on any atom is -0.297 e. The lowest BCUT2D eigenvalue weighted by atomic mass is 10.0. The summed E-state index contributed by atoms with van der Waals surface area (Å²) in [6, 6.07) is 14.2. The maximum atomic E-state index is 13.7. The fourth-order valence-electron chi connectivity index (χ4n) is 2.43. The second kappa shape index (κ2) is 7.46. The Morgan fingerprint density at radius 3 is 2.62 bits per heavy atom. The Kier molecular flexibility index (Phi) is 5.10. The van der Waals surface area contributed by atoms with Gasteiger partial charge in [0.05, 0.1) is 4.70 Å². The number of aromatic nitrogens is 1. The SMILES string of the molecule is CC(C)c1ccc(/C=C(\C#N)C(=O)Nc2nc3c(F)cccc3s2)cc1. The van der Waals surface area contributed by atoms with Crippen molar-refractivity contribution in [2.75, 3.05) is 5.32 Å². The van der Waals surface area contributed by atoms with Crippen LogP contribution >= 0.6 is 11.3 Å². The molecule has 3 aromatic rings. The minimum atomic E-state index is -0.570. The second-order valence-electron chi connectivity index (χ2n) is 6.05. The van der Waals surface area contributed by atoms with Gasteiger partial charge in [-0.1, -0.05) is 55.5 Å². The fourth-order valence-corrected chi connectivity index (χ4v) is 3.30. The normalized spacial score (nSPS) is 11.6. The van der Waals surface area contributed by atoms with Gasteiger partial charge in [-0.05, 0) is 35.3 Å². The Hall–Kier alpha value is -3.04. The summed E-state index contributed by atoms with van der Waals surface area (Å²) < 4.78 is 14.3. The van der Waals surface area contributed by atoms with E-state index in [0.29, 0.717) is 10.6 Å². The summed E-state index contributed by atoms with van der Waals surface area (Å²) in [4.78, 5) is 16.4. The van der Waals surface area contributed by atoms with Gasteiger partial charge in [-0.15, -0.1) is 0 Å². The first-order chi connectivity index (χ1) is 12.5. The zero-order valence-corrected chi connectivity index (χ0v) is 15.1. The molecule has 0 aliphatic heterocycles. The number of nitrogens with zero attached hydrogens (tertiary/aromatic N) is 2. The van der Waals surface area contributed by atoms with Crippen LogP contribution in [-0.4, -0.2) is 10.9 Å². The zero-order chi connectivity index (χ0) is 18.7. The van der Waals surface area contributed by atoms with Gasteiger partial charge in [0.1, 0.15) is 23.0 Å². The average Bonchev–Trinajstić information content (AvgIpc) is 3.03. The molecule has 0 radical (unpaired) electrons. The molecule has 0 saturated carbocycles. The highest BCUT2D eigenvalue weighted by molar-refractivity contribution is 7.22. The van der Waals surface area contributed by atoms with Crippen LogP contribution in [0.25, 0.3) is 16.3 Å². The van der Waals surface area contributed by atoms with E-state index in [1.54, 1.807) is 12.1 Å². The van der Waals surface area contributed by atoms with Gasteiger partial charge in [0.25, 0.3) is 5.91 Å². The molecule has 0 spiro atoms. The van der Waals surface area contributed by atoms with E-state index < -0.39 is 11.7 Å². The molecule has 130 valence electrons. The zero-order valence-electron chi connectivity index (χ0n) is 14.3. The highest BCUT2D eigenvalue weighted by Crippen LogP contribution is 2.27. The molecule has 2 aromatic carbocycles. The van der Waals surface area contributed by atoms with Crippen molar-refractivity contribution in [2.45, 2.75) is 19.8 Å². The van der Waals surface area contributed by atoms with Gasteiger partial charge in [0.15, 0.2) is 5.13 Å². The maximum Gasteiger partial charge on any atom is 0.268 e. The number of amides is 1. The van der Waals surface area contributed by atoms with Crippen molar-refractivity contribution in [1.82, 2.24) is 4.98 Å². The Morgan fingerprint density at radius 2 is 2.00 bits per heavy atom. The third-order valence-electron chi connectivity index (χ3n) is 3.87. The Balaban J connectivity index is 1.81. The summed E-state index contributed by atoms with van der Waals surface area (Å²) >= 11 is 1.16. The Morgan fingerprint density at radius 1 is 1.27 bits per heavy atom. The predicted octanol–water partition coefficient (Wildman–Crippen LogP) is 5.10. The molecule has 0 aliphatic carbocycles. The average molecular weight is 365 g/mol. The van der Waals surface area contributed by atoms with Crippen molar-refractivity contribution in [1.29, 1.82) is 5.26 Å². The van der Waals surface area contributed by atoms with Crippen molar-refractivity contribution >= 4 is 38.7 Å². The van der Waals surface area contributed by atoms with Gasteiger partial charge < -0.3 is 0 Å². The van der Waals surface area contributed by atoms with Crippen molar-refractivity contribution in [2.24, 2.45) is 0 Å². The van der Waals surface area contributed by atoms with Crippen LogP contribution in [-0.2, 0) is 4.79 Å². The van der Waals surface area contributed by atoms with E-state index in [1.807, 2.05) is 30.3 Å². The van der Waals surface area contributed by atoms with Crippen molar-refractivity contribution < 1.29 is 9.18 Å². The number of anilines is 1. The molecule has 1 aromatic heterocycles. The number of rotatable bonds is 4. The number of carbonyl (C=O) groups excluding carboxylic acids is 1. The maximum absolute atomic E-state index is 13.7. The van der Waals surface area contributed by atoms with Crippen molar-refractivity contribution in [3.63, 3.8) is 0 Å². The highest BCUT2D eigenvalue weighted by Gasteiger charge is 2.14. The van der Waals surface area contributed by atoms with Crippen LogP contribution in [0, 0.1) is 17.1 Å². The summed E-state index contributed by atoms with van der Waals surface area (Å²) in [6.45, 7) is 4.19. The Labute approximate surface area is 154 Å². The monoisotopic (exact) mass is 365 g/mol. The summed E-state index contributed by atoms with van der Waals surface area (Å²) in [5.74, 6) is -0.605. The molecule has 0 fully saturated rings. The third kappa shape index (κ3) is 3.79. The van der Waals surface area contributed by atoms with Crippen LogP contribution in [0.5, 0.6) is 0 Å². The topological polar surface area (TPSA) is 65.8 Å². The first-order valence-electron chi connectivity index (χ1n) is 8.06. The molecular formula is C20H16FN3OS. The molecule has 1 N–H and O–H groups in total. The predicted molar refractivity (Wildman–Crippen MR) is 102 cm³/mol. The highest BCUT2D eigenvalue weighted by atomic mass is 32.1. The van der Waals surface area contributed by atoms with Gasteiger partial charge in [-0.3, -0.25) is 10.1 Å². The van der Waals surface area contributed by atoms with Crippen LogP contribution in [0.1, 0.15) is 30.9 Å². The van der Waals surface area contributed by atoms with E-state index in [-0.39, 0.29) is 16.2 Å². The summed E-state index contributed by atoms with van der Waals surface area (Å²) in [5.41, 5.74) is 2.11. The van der Waals surface area contributed by atoms with Crippen molar-refractivity contribution in [3.05, 3.63) is 65.0 Å². The molecular weight excluding hydrogens is 349 g/mol. The van der Waals surface area contributed by atoms with Gasteiger partial charge in [-0.2, -0.15) is 5.26 Å². The van der Waals surface area contributed by atoms with E-state index >= 15 is 0 Å². The van der Waals surface area contributed by atoms with E-state index in [0.717, 1.165) is 16.9 Å². The lowest BCUT2D eigenvalue weighted by Crippen LogP contribution is -2.13. The molecule has 0 atom stereocenters. The van der Waals surface area contributed by atoms with Crippen LogP contribution < -0.4 is 5.32 Å². The van der Waals surface area contributed by atoms with Crippen LogP contribution in [0.3, 0.4) is 0 Å². The standard InChI is InChI=1S/C20H16FN3OS/c1-12(2)14-8-6-13(7-9-14)10-15(11-22)19(25)24-20-23-18-16(21)4-3-5-17(18)26-20/h3-10,12H,1-2H3,(H,23,24,25)/b15-10+. The molecule has 3 rings (SSSR count). The molecule has 1 amide bonds.